The van der Waals surface area contributed by atoms with Crippen LogP contribution in [0.1, 0.15) is 13.3 Å². The van der Waals surface area contributed by atoms with Crippen molar-refractivity contribution in [1.29, 1.82) is 0 Å². The number of Topliss-reactive ketones (excluding diaryl/α,β-unsaturated/α-hetero) is 2. The Bertz CT molecular complexity index is 412. The van der Waals surface area contributed by atoms with E-state index in [1.165, 1.54) is 6.92 Å². The van der Waals surface area contributed by atoms with Gasteiger partial charge in [-0.2, -0.15) is 10.2 Å². The summed E-state index contributed by atoms with van der Waals surface area (Å²) in [4.78, 5) is 21.7. The minimum Gasteiger partial charge on any atom is -0.300 e. The van der Waals surface area contributed by atoms with Gasteiger partial charge in [0.1, 0.15) is 12.3 Å². The van der Waals surface area contributed by atoms with Gasteiger partial charge < -0.3 is 0 Å². The molecule has 0 aromatic heterocycles. The molecular formula is C11H11ClN2O2. The predicted octanol–water partition coefficient (Wildman–Crippen LogP) is 2.97. The molecule has 0 saturated carbocycles. The lowest BCUT2D eigenvalue weighted by Crippen LogP contribution is -2.06. The molecule has 1 aromatic carbocycles. The van der Waals surface area contributed by atoms with Crippen molar-refractivity contribution >= 4 is 28.9 Å². The number of nitrogens with zero attached hydrogens (tertiary/aromatic N) is 2. The van der Waals surface area contributed by atoms with Crippen molar-refractivity contribution in [3.8, 4) is 0 Å². The first kappa shape index (κ1) is 12.5. The van der Waals surface area contributed by atoms with Gasteiger partial charge in [0.25, 0.3) is 0 Å². The summed E-state index contributed by atoms with van der Waals surface area (Å²) in [5.74, 6) is -0.392. The molecule has 0 radical (unpaired) electrons. The van der Waals surface area contributed by atoms with Crippen LogP contribution in [0.5, 0.6) is 0 Å². The average molecular weight is 239 g/mol. The first-order valence-corrected chi connectivity index (χ1v) is 5.10. The summed E-state index contributed by atoms with van der Waals surface area (Å²) in [7, 11) is 0. The van der Waals surface area contributed by atoms with E-state index in [1.54, 1.807) is 24.3 Å². The van der Waals surface area contributed by atoms with E-state index in [0.29, 0.717) is 10.7 Å². The van der Waals surface area contributed by atoms with E-state index in [1.807, 2.05) is 0 Å². The lowest BCUT2D eigenvalue weighted by Gasteiger charge is -1.93. The fraction of sp³-hybridized carbons (Fsp3) is 0.273. The van der Waals surface area contributed by atoms with Crippen LogP contribution in [0, 0.1) is 0 Å². The highest BCUT2D eigenvalue weighted by molar-refractivity contribution is 6.30. The summed E-state index contributed by atoms with van der Waals surface area (Å²) in [6, 6.07) is 6.77. The van der Waals surface area contributed by atoms with Crippen molar-refractivity contribution in [2.45, 2.75) is 13.3 Å². The van der Waals surface area contributed by atoms with Gasteiger partial charge >= 0.3 is 0 Å². The van der Waals surface area contributed by atoms with E-state index in [-0.39, 0.29) is 24.5 Å². The van der Waals surface area contributed by atoms with E-state index >= 15 is 0 Å². The largest absolute Gasteiger partial charge is 0.300 e. The fourth-order valence-electron chi connectivity index (χ4n) is 1.04. The topological polar surface area (TPSA) is 58.9 Å². The van der Waals surface area contributed by atoms with Crippen LogP contribution in [0.25, 0.3) is 0 Å². The van der Waals surface area contributed by atoms with Crippen LogP contribution >= 0.6 is 11.6 Å². The van der Waals surface area contributed by atoms with E-state index in [2.05, 4.69) is 10.2 Å². The SMILES string of the molecule is CC(=O)CC(=O)CN=Nc1ccc(Cl)cc1. The highest BCUT2D eigenvalue weighted by atomic mass is 35.5. The lowest BCUT2D eigenvalue weighted by atomic mass is 10.2. The molecule has 4 nitrogen and oxygen atoms in total. The maximum Gasteiger partial charge on any atom is 0.163 e. The van der Waals surface area contributed by atoms with E-state index in [9.17, 15) is 9.59 Å². The third kappa shape index (κ3) is 4.79. The predicted molar refractivity (Wildman–Crippen MR) is 61.1 cm³/mol. The molecule has 0 aliphatic heterocycles. The summed E-state index contributed by atoms with van der Waals surface area (Å²) in [6.45, 7) is 1.30. The normalized spacial score (nSPS) is 10.6. The summed E-state index contributed by atoms with van der Waals surface area (Å²) >= 11 is 5.69. The van der Waals surface area contributed by atoms with Crippen LogP contribution in [-0.4, -0.2) is 18.1 Å². The van der Waals surface area contributed by atoms with Crippen LogP contribution < -0.4 is 0 Å². The number of benzene rings is 1. The van der Waals surface area contributed by atoms with Gasteiger partial charge in [-0.3, -0.25) is 9.59 Å². The van der Waals surface area contributed by atoms with Crippen molar-refractivity contribution in [1.82, 2.24) is 0 Å². The molecule has 0 heterocycles. The molecule has 1 aromatic rings. The lowest BCUT2D eigenvalue weighted by molar-refractivity contribution is -0.125. The van der Waals surface area contributed by atoms with Gasteiger partial charge in [0.15, 0.2) is 5.78 Å². The Kier molecular flexibility index (Phi) is 4.79. The molecule has 0 aliphatic rings. The highest BCUT2D eigenvalue weighted by Crippen LogP contribution is 2.16. The van der Waals surface area contributed by atoms with Crippen molar-refractivity contribution in [3.63, 3.8) is 0 Å². The molecule has 0 saturated heterocycles. The minimum atomic E-state index is -0.231. The molecule has 84 valence electrons. The van der Waals surface area contributed by atoms with Crippen LogP contribution in [0.4, 0.5) is 5.69 Å². The van der Waals surface area contributed by atoms with Gasteiger partial charge in [-0.05, 0) is 31.2 Å². The number of azo groups is 1. The molecule has 5 heteroatoms. The molecule has 0 fully saturated rings. The second-order valence-corrected chi connectivity index (χ2v) is 3.73. The monoisotopic (exact) mass is 238 g/mol. The Hall–Kier alpha value is -1.55. The summed E-state index contributed by atoms with van der Waals surface area (Å²) in [5.41, 5.74) is 0.625. The van der Waals surface area contributed by atoms with E-state index in [4.69, 9.17) is 11.6 Å². The number of carbonyl (C=O) groups is 2. The fourth-order valence-corrected chi connectivity index (χ4v) is 1.16. The molecule has 0 amide bonds. The van der Waals surface area contributed by atoms with Crippen molar-refractivity contribution in [2.75, 3.05) is 6.54 Å². The van der Waals surface area contributed by atoms with Crippen molar-refractivity contribution in [2.24, 2.45) is 10.2 Å². The molecule has 0 bridgehead atoms. The number of ketones is 2. The third-order valence-electron chi connectivity index (χ3n) is 1.71. The van der Waals surface area contributed by atoms with Crippen molar-refractivity contribution in [3.05, 3.63) is 29.3 Å². The van der Waals surface area contributed by atoms with Crippen LogP contribution in [0.2, 0.25) is 5.02 Å². The maximum absolute atomic E-state index is 11.1. The zero-order valence-electron chi connectivity index (χ0n) is 8.81. The first-order valence-electron chi connectivity index (χ1n) is 4.72. The Morgan fingerprint density at radius 1 is 1.25 bits per heavy atom. The van der Waals surface area contributed by atoms with Gasteiger partial charge in [-0.1, -0.05) is 11.6 Å². The Balaban J connectivity index is 2.45. The standard InChI is InChI=1S/C11H11ClN2O2/c1-8(15)6-11(16)7-13-14-10-4-2-9(12)3-5-10/h2-5H,6-7H2,1H3. The quantitative estimate of drug-likeness (QED) is 0.585. The van der Waals surface area contributed by atoms with Crippen LogP contribution in [-0.2, 0) is 9.59 Å². The Morgan fingerprint density at radius 2 is 1.88 bits per heavy atom. The molecular weight excluding hydrogens is 228 g/mol. The summed E-state index contributed by atoms with van der Waals surface area (Å²) in [6.07, 6.45) is -0.0837. The zero-order chi connectivity index (χ0) is 12.0. The minimum absolute atomic E-state index is 0.0673. The second-order valence-electron chi connectivity index (χ2n) is 3.29. The summed E-state index contributed by atoms with van der Waals surface area (Å²) in [5, 5.41) is 8.15. The van der Waals surface area contributed by atoms with Crippen molar-refractivity contribution < 1.29 is 9.59 Å². The summed E-state index contributed by atoms with van der Waals surface area (Å²) < 4.78 is 0. The molecule has 0 aliphatic carbocycles. The Morgan fingerprint density at radius 3 is 2.44 bits per heavy atom. The third-order valence-corrected chi connectivity index (χ3v) is 1.96. The number of rotatable bonds is 5. The molecule has 0 spiro atoms. The zero-order valence-corrected chi connectivity index (χ0v) is 9.57. The molecule has 16 heavy (non-hydrogen) atoms. The number of carbonyl (C=O) groups excluding carboxylic acids is 2. The Labute approximate surface area is 98.3 Å². The highest BCUT2D eigenvalue weighted by Gasteiger charge is 2.03. The van der Waals surface area contributed by atoms with Gasteiger partial charge in [-0.25, -0.2) is 0 Å². The van der Waals surface area contributed by atoms with Crippen LogP contribution in [0.3, 0.4) is 0 Å². The molecule has 1 rings (SSSR count). The van der Waals surface area contributed by atoms with Gasteiger partial charge in [-0.15, -0.1) is 0 Å². The van der Waals surface area contributed by atoms with Crippen LogP contribution in [0.15, 0.2) is 34.5 Å². The van der Waals surface area contributed by atoms with Gasteiger partial charge in [0.05, 0.1) is 12.1 Å². The maximum atomic E-state index is 11.1. The van der Waals surface area contributed by atoms with E-state index in [0.717, 1.165) is 0 Å². The van der Waals surface area contributed by atoms with Gasteiger partial charge in [0.2, 0.25) is 0 Å². The van der Waals surface area contributed by atoms with E-state index < -0.39 is 0 Å². The number of hydrogen-bond donors (Lipinski definition) is 0. The number of halogens is 1. The van der Waals surface area contributed by atoms with Gasteiger partial charge in [0, 0.05) is 5.02 Å². The smallest absolute Gasteiger partial charge is 0.163 e. The molecule has 0 N–H and O–H groups in total. The molecule has 0 unspecified atom stereocenters. The second kappa shape index (κ2) is 6.12. The molecule has 0 atom stereocenters. The number of hydrogen-bond acceptors (Lipinski definition) is 4. The average Bonchev–Trinajstić information content (AvgIpc) is 2.20. The first-order chi connectivity index (χ1) is 7.58.